The molecule has 7 nitrogen and oxygen atoms in total. The summed E-state index contributed by atoms with van der Waals surface area (Å²) in [4.78, 5) is 19.4. The van der Waals surface area contributed by atoms with Gasteiger partial charge in [0.15, 0.2) is 0 Å². The van der Waals surface area contributed by atoms with Crippen LogP contribution < -0.4 is 14.5 Å². The normalized spacial score (nSPS) is 16.8. The predicted molar refractivity (Wildman–Crippen MR) is 154 cm³/mol. The van der Waals surface area contributed by atoms with Crippen molar-refractivity contribution in [3.8, 4) is 0 Å². The highest BCUT2D eigenvalue weighted by Gasteiger charge is 2.32. The number of amides is 1. The van der Waals surface area contributed by atoms with Crippen molar-refractivity contribution in [2.75, 3.05) is 47.2 Å². The van der Waals surface area contributed by atoms with Gasteiger partial charge in [-0.3, -0.25) is 9.52 Å². The average molecular weight is 607 g/mol. The first kappa shape index (κ1) is 29.1. The van der Waals surface area contributed by atoms with Gasteiger partial charge in [0.1, 0.15) is 6.04 Å². The van der Waals surface area contributed by atoms with Crippen LogP contribution in [0.4, 0.5) is 30.2 Å². The fourth-order valence-corrected chi connectivity index (χ4v) is 6.63. The van der Waals surface area contributed by atoms with Gasteiger partial charge in [0.2, 0.25) is 5.91 Å². The van der Waals surface area contributed by atoms with Crippen LogP contribution in [0.3, 0.4) is 0 Å². The number of piperazine rings is 1. The summed E-state index contributed by atoms with van der Waals surface area (Å²) in [6.07, 6.45) is -2.68. The Kier molecular flexibility index (Phi) is 8.11. The second kappa shape index (κ2) is 11.4. The lowest BCUT2D eigenvalue weighted by Crippen LogP contribution is -2.55. The lowest BCUT2D eigenvalue weighted by atomic mass is 10.00. The van der Waals surface area contributed by atoms with E-state index in [1.54, 1.807) is 12.1 Å². The van der Waals surface area contributed by atoms with Gasteiger partial charge in [-0.15, -0.1) is 0 Å². The van der Waals surface area contributed by atoms with Crippen LogP contribution in [0, 0.1) is 0 Å². The van der Waals surface area contributed by atoms with Crippen molar-refractivity contribution in [3.05, 3.63) is 82.9 Å². The summed E-state index contributed by atoms with van der Waals surface area (Å²) in [6.45, 7) is 4.96. The molecule has 0 aromatic heterocycles. The van der Waals surface area contributed by atoms with E-state index in [2.05, 4.69) is 14.5 Å². The molecular formula is C29H30ClF3N4O3S. The minimum absolute atomic E-state index is 0.0644. The molecule has 1 N–H and O–H groups in total. The van der Waals surface area contributed by atoms with Crippen LogP contribution in [0.1, 0.15) is 24.5 Å². The average Bonchev–Trinajstić information content (AvgIpc) is 2.95. The summed E-state index contributed by atoms with van der Waals surface area (Å²) in [6, 6.07) is 15.7. The van der Waals surface area contributed by atoms with Crippen LogP contribution in [0.5, 0.6) is 0 Å². The van der Waals surface area contributed by atoms with Crippen molar-refractivity contribution >= 4 is 44.6 Å². The maximum absolute atomic E-state index is 13.4. The number of hydrogen-bond donors (Lipinski definition) is 1. The van der Waals surface area contributed by atoms with Gasteiger partial charge >= 0.3 is 6.18 Å². The summed E-state index contributed by atoms with van der Waals surface area (Å²) in [7, 11) is -4.09. The molecule has 1 fully saturated rings. The number of aryl methyl sites for hydroxylation is 1. The highest BCUT2D eigenvalue weighted by Crippen LogP contribution is 2.33. The number of hydrogen-bond acceptors (Lipinski definition) is 5. The zero-order chi connectivity index (χ0) is 29.4. The molecule has 3 aromatic rings. The Bertz CT molecular complexity index is 1530. The molecule has 0 bridgehead atoms. The van der Waals surface area contributed by atoms with Crippen LogP contribution in [-0.2, 0) is 27.4 Å². The smallest absolute Gasteiger partial charge is 0.368 e. The lowest BCUT2D eigenvalue weighted by Gasteiger charge is -2.41. The van der Waals surface area contributed by atoms with Crippen LogP contribution in [0.25, 0.3) is 0 Å². The third-order valence-electron chi connectivity index (χ3n) is 7.57. The molecule has 2 aliphatic rings. The maximum atomic E-state index is 13.4. The van der Waals surface area contributed by atoms with Crippen LogP contribution in [-0.4, -0.2) is 58.0 Å². The third kappa shape index (κ3) is 6.41. The second-order valence-corrected chi connectivity index (χ2v) is 12.4. The highest BCUT2D eigenvalue weighted by atomic mass is 35.5. The van der Waals surface area contributed by atoms with Crippen molar-refractivity contribution in [3.63, 3.8) is 0 Å². The lowest BCUT2D eigenvalue weighted by molar-refractivity contribution is -0.137. The number of benzene rings is 3. The topological polar surface area (TPSA) is 73.0 Å². The third-order valence-corrected chi connectivity index (χ3v) is 9.20. The van der Waals surface area contributed by atoms with Gasteiger partial charge in [0.25, 0.3) is 10.0 Å². The molecule has 3 aromatic carbocycles. The summed E-state index contributed by atoms with van der Waals surface area (Å²) in [5.41, 5.74) is 1.90. The van der Waals surface area contributed by atoms with Crippen LogP contribution in [0.15, 0.2) is 71.6 Å². The number of alkyl halides is 3. The van der Waals surface area contributed by atoms with E-state index in [1.165, 1.54) is 18.2 Å². The first-order chi connectivity index (χ1) is 19.4. The minimum Gasteiger partial charge on any atom is -0.368 e. The number of nitrogens with one attached hydrogen (secondary N) is 1. The molecule has 0 saturated carbocycles. The Hall–Kier alpha value is -3.44. The Morgan fingerprint density at radius 1 is 0.951 bits per heavy atom. The van der Waals surface area contributed by atoms with E-state index in [1.807, 2.05) is 30.0 Å². The van der Waals surface area contributed by atoms with Crippen molar-refractivity contribution in [1.82, 2.24) is 4.90 Å². The number of halogens is 4. The molecule has 12 heteroatoms. The number of rotatable bonds is 6. The Morgan fingerprint density at radius 2 is 1.66 bits per heavy atom. The highest BCUT2D eigenvalue weighted by molar-refractivity contribution is 7.92. The van der Waals surface area contributed by atoms with Gasteiger partial charge in [-0.1, -0.05) is 17.7 Å². The number of carbonyl (C=O) groups is 1. The number of anilines is 3. The molecule has 41 heavy (non-hydrogen) atoms. The van der Waals surface area contributed by atoms with Crippen molar-refractivity contribution in [2.45, 2.75) is 36.9 Å². The molecule has 0 aliphatic carbocycles. The molecule has 0 spiro atoms. The molecule has 0 unspecified atom stereocenters. The molecule has 5 rings (SSSR count). The maximum Gasteiger partial charge on any atom is 0.416 e. The molecule has 1 saturated heterocycles. The van der Waals surface area contributed by atoms with E-state index in [-0.39, 0.29) is 22.5 Å². The van der Waals surface area contributed by atoms with Gasteiger partial charge in [-0.2, -0.15) is 13.2 Å². The van der Waals surface area contributed by atoms with Gasteiger partial charge in [-0.25, -0.2) is 8.42 Å². The van der Waals surface area contributed by atoms with Crippen molar-refractivity contribution < 1.29 is 26.4 Å². The molecule has 2 aliphatic heterocycles. The van der Waals surface area contributed by atoms with Gasteiger partial charge in [-0.05, 0) is 86.0 Å². The fourth-order valence-electron chi connectivity index (χ4n) is 5.39. The van der Waals surface area contributed by atoms with E-state index in [4.69, 9.17) is 11.6 Å². The zero-order valence-corrected chi connectivity index (χ0v) is 23.9. The number of fused-ring (bicyclic) bond motifs is 1. The summed E-state index contributed by atoms with van der Waals surface area (Å²) >= 11 is 6.17. The van der Waals surface area contributed by atoms with Crippen LogP contribution in [0.2, 0.25) is 5.02 Å². The molecule has 1 amide bonds. The molecule has 1 atom stereocenters. The Labute approximate surface area is 242 Å². The Balaban J connectivity index is 1.19. The first-order valence-corrected chi connectivity index (χ1v) is 15.2. The van der Waals surface area contributed by atoms with Gasteiger partial charge in [0, 0.05) is 54.8 Å². The van der Waals surface area contributed by atoms with Crippen molar-refractivity contribution in [1.29, 1.82) is 0 Å². The fraction of sp³-hybridized carbons (Fsp3) is 0.345. The predicted octanol–water partition coefficient (Wildman–Crippen LogP) is 5.65. The van der Waals surface area contributed by atoms with E-state index in [9.17, 15) is 26.4 Å². The van der Waals surface area contributed by atoms with Crippen LogP contribution >= 0.6 is 11.6 Å². The first-order valence-electron chi connectivity index (χ1n) is 13.3. The SMILES string of the molecule is C[C@H](C(=O)N1CCN(c2ccc(S(=O)(=O)Nc3cccc(C(F)(F)F)c3)cc2)CC1)N1CCCc2cc(Cl)ccc21. The van der Waals surface area contributed by atoms with E-state index >= 15 is 0 Å². The van der Waals surface area contributed by atoms with E-state index in [0.29, 0.717) is 31.2 Å². The molecule has 2 heterocycles. The quantitative estimate of drug-likeness (QED) is 0.393. The van der Waals surface area contributed by atoms with E-state index in [0.717, 1.165) is 54.5 Å². The number of sulfonamides is 1. The van der Waals surface area contributed by atoms with Crippen molar-refractivity contribution in [2.24, 2.45) is 0 Å². The van der Waals surface area contributed by atoms with E-state index < -0.39 is 21.8 Å². The Morgan fingerprint density at radius 3 is 2.34 bits per heavy atom. The minimum atomic E-state index is -4.58. The second-order valence-electron chi connectivity index (χ2n) is 10.2. The van der Waals surface area contributed by atoms with Gasteiger partial charge in [0.05, 0.1) is 10.5 Å². The summed E-state index contributed by atoms with van der Waals surface area (Å²) in [5, 5.41) is 0.693. The number of nitrogens with zero attached hydrogens (tertiary/aromatic N) is 3. The number of carbonyl (C=O) groups excluding carboxylic acids is 1. The standard InChI is InChI=1S/C29H30ClF3N4O3S/c1-20(37-13-3-4-21-18-23(30)7-12-27(21)37)28(38)36-16-14-35(15-17-36)25-8-10-26(11-9-25)41(39,40)34-24-6-2-5-22(19-24)29(31,32)33/h2,5-12,18-20,34H,3-4,13-17H2,1H3/t20-/m1/s1. The largest absolute Gasteiger partial charge is 0.416 e. The van der Waals surface area contributed by atoms with Gasteiger partial charge < -0.3 is 14.7 Å². The zero-order valence-electron chi connectivity index (χ0n) is 22.4. The molecular weight excluding hydrogens is 577 g/mol. The monoisotopic (exact) mass is 606 g/mol. The molecule has 0 radical (unpaired) electrons. The summed E-state index contributed by atoms with van der Waals surface area (Å²) in [5.74, 6) is 0.0644. The molecule has 218 valence electrons. The summed E-state index contributed by atoms with van der Waals surface area (Å²) < 4.78 is 66.8.